The standard InChI is InChI=1S/C11H13FN2O/c12-10-5-2-1-4-9(10)8-14-7-3-6-13-11(14)15/h1-2,4-5H,3,6-8H2,(H,13,15). The van der Waals surface area contributed by atoms with Gasteiger partial charge in [0, 0.05) is 18.7 Å². The van der Waals surface area contributed by atoms with Crippen LogP contribution in [0.4, 0.5) is 9.18 Å². The molecule has 3 nitrogen and oxygen atoms in total. The third-order valence-electron chi connectivity index (χ3n) is 2.49. The van der Waals surface area contributed by atoms with Gasteiger partial charge in [0.05, 0.1) is 6.54 Å². The van der Waals surface area contributed by atoms with Gasteiger partial charge in [0.1, 0.15) is 5.82 Å². The Morgan fingerprint density at radius 3 is 2.93 bits per heavy atom. The Labute approximate surface area is 87.9 Å². The van der Waals surface area contributed by atoms with Crippen LogP contribution in [0.5, 0.6) is 0 Å². The Morgan fingerprint density at radius 2 is 2.20 bits per heavy atom. The number of benzene rings is 1. The Bertz CT molecular complexity index is 367. The molecule has 1 aliphatic heterocycles. The number of hydrogen-bond acceptors (Lipinski definition) is 1. The monoisotopic (exact) mass is 208 g/mol. The van der Waals surface area contributed by atoms with E-state index in [2.05, 4.69) is 5.32 Å². The lowest BCUT2D eigenvalue weighted by Crippen LogP contribution is -2.45. The SMILES string of the molecule is O=C1NCCCN1Cc1ccccc1F. The number of rotatable bonds is 2. The van der Waals surface area contributed by atoms with Crippen molar-refractivity contribution in [1.82, 2.24) is 10.2 Å². The quantitative estimate of drug-likeness (QED) is 0.788. The third-order valence-corrected chi connectivity index (χ3v) is 2.49. The molecule has 2 rings (SSSR count). The molecule has 0 unspecified atom stereocenters. The largest absolute Gasteiger partial charge is 0.338 e. The molecule has 0 aliphatic carbocycles. The van der Waals surface area contributed by atoms with E-state index in [4.69, 9.17) is 0 Å². The van der Waals surface area contributed by atoms with E-state index >= 15 is 0 Å². The first-order valence-corrected chi connectivity index (χ1v) is 5.03. The minimum atomic E-state index is -0.254. The van der Waals surface area contributed by atoms with Gasteiger partial charge in [-0.2, -0.15) is 0 Å². The van der Waals surface area contributed by atoms with Gasteiger partial charge in [-0.3, -0.25) is 0 Å². The average Bonchev–Trinajstić information content (AvgIpc) is 2.24. The zero-order chi connectivity index (χ0) is 10.7. The third kappa shape index (κ3) is 2.26. The van der Waals surface area contributed by atoms with E-state index in [1.165, 1.54) is 6.07 Å². The highest BCUT2D eigenvalue weighted by atomic mass is 19.1. The molecule has 1 fully saturated rings. The number of hydrogen-bond donors (Lipinski definition) is 1. The molecular formula is C11H13FN2O. The Balaban J connectivity index is 2.08. The van der Waals surface area contributed by atoms with E-state index in [0.717, 1.165) is 6.42 Å². The van der Waals surface area contributed by atoms with Crippen LogP contribution in [0.25, 0.3) is 0 Å². The number of nitrogens with zero attached hydrogens (tertiary/aromatic N) is 1. The number of carbonyl (C=O) groups excluding carboxylic acids is 1. The maximum atomic E-state index is 13.3. The summed E-state index contributed by atoms with van der Waals surface area (Å²) < 4.78 is 13.3. The highest BCUT2D eigenvalue weighted by Crippen LogP contribution is 2.11. The van der Waals surface area contributed by atoms with Gasteiger partial charge in [-0.25, -0.2) is 9.18 Å². The second-order valence-corrected chi connectivity index (χ2v) is 3.60. The Kier molecular flexibility index (Phi) is 2.85. The second-order valence-electron chi connectivity index (χ2n) is 3.60. The highest BCUT2D eigenvalue weighted by Gasteiger charge is 2.18. The maximum absolute atomic E-state index is 13.3. The molecule has 0 atom stereocenters. The van der Waals surface area contributed by atoms with E-state index < -0.39 is 0 Å². The van der Waals surface area contributed by atoms with Crippen molar-refractivity contribution in [2.24, 2.45) is 0 Å². The normalized spacial score (nSPS) is 16.3. The number of halogens is 1. The van der Waals surface area contributed by atoms with Crippen molar-refractivity contribution >= 4 is 6.03 Å². The van der Waals surface area contributed by atoms with Crippen molar-refractivity contribution in [3.8, 4) is 0 Å². The first kappa shape index (κ1) is 9.96. The number of nitrogens with one attached hydrogen (secondary N) is 1. The first-order valence-electron chi connectivity index (χ1n) is 5.03. The highest BCUT2D eigenvalue weighted by molar-refractivity contribution is 5.74. The van der Waals surface area contributed by atoms with Gasteiger partial charge in [0.2, 0.25) is 0 Å². The predicted octanol–water partition coefficient (Wildman–Crippen LogP) is 1.74. The molecule has 1 N–H and O–H groups in total. The van der Waals surface area contributed by atoms with Crippen molar-refractivity contribution in [2.45, 2.75) is 13.0 Å². The fraction of sp³-hybridized carbons (Fsp3) is 0.364. The Morgan fingerprint density at radius 1 is 1.40 bits per heavy atom. The molecule has 4 heteroatoms. The van der Waals surface area contributed by atoms with E-state index in [9.17, 15) is 9.18 Å². The molecule has 0 bridgehead atoms. The van der Waals surface area contributed by atoms with Crippen LogP contribution in [0.3, 0.4) is 0 Å². The molecule has 15 heavy (non-hydrogen) atoms. The lowest BCUT2D eigenvalue weighted by Gasteiger charge is -2.27. The zero-order valence-corrected chi connectivity index (χ0v) is 8.37. The summed E-state index contributed by atoms with van der Waals surface area (Å²) in [5.74, 6) is -0.254. The average molecular weight is 208 g/mol. The summed E-state index contributed by atoms with van der Waals surface area (Å²) in [6, 6.07) is 6.44. The number of urea groups is 1. The van der Waals surface area contributed by atoms with Crippen molar-refractivity contribution in [3.05, 3.63) is 35.6 Å². The summed E-state index contributed by atoms with van der Waals surface area (Å²) in [5.41, 5.74) is 0.564. The van der Waals surface area contributed by atoms with E-state index in [0.29, 0.717) is 25.2 Å². The molecular weight excluding hydrogens is 195 g/mol. The molecule has 1 aromatic rings. The van der Waals surface area contributed by atoms with Crippen LogP contribution >= 0.6 is 0 Å². The minimum Gasteiger partial charge on any atom is -0.338 e. The fourth-order valence-electron chi connectivity index (χ4n) is 1.66. The summed E-state index contributed by atoms with van der Waals surface area (Å²) >= 11 is 0. The molecule has 0 aromatic heterocycles. The summed E-state index contributed by atoms with van der Waals surface area (Å²) in [5, 5.41) is 2.74. The van der Waals surface area contributed by atoms with Gasteiger partial charge in [0.25, 0.3) is 0 Å². The fourth-order valence-corrected chi connectivity index (χ4v) is 1.66. The minimum absolute atomic E-state index is 0.107. The van der Waals surface area contributed by atoms with Crippen LogP contribution in [0, 0.1) is 5.82 Å². The molecule has 1 heterocycles. The second kappa shape index (κ2) is 4.29. The van der Waals surface area contributed by atoms with Crippen LogP contribution in [-0.2, 0) is 6.54 Å². The summed E-state index contributed by atoms with van der Waals surface area (Å²) in [4.78, 5) is 13.0. The van der Waals surface area contributed by atoms with Gasteiger partial charge in [0.15, 0.2) is 0 Å². The van der Waals surface area contributed by atoms with Crippen LogP contribution in [0.2, 0.25) is 0 Å². The molecule has 0 radical (unpaired) electrons. The van der Waals surface area contributed by atoms with Crippen LogP contribution < -0.4 is 5.32 Å². The van der Waals surface area contributed by atoms with Gasteiger partial charge >= 0.3 is 6.03 Å². The molecule has 1 aliphatic rings. The van der Waals surface area contributed by atoms with Gasteiger partial charge in [-0.05, 0) is 12.5 Å². The van der Waals surface area contributed by atoms with E-state index in [1.807, 2.05) is 0 Å². The Hall–Kier alpha value is -1.58. The van der Waals surface area contributed by atoms with Crippen molar-refractivity contribution in [3.63, 3.8) is 0 Å². The molecule has 1 saturated heterocycles. The molecule has 1 aromatic carbocycles. The summed E-state index contributed by atoms with van der Waals surface area (Å²) in [6.07, 6.45) is 0.917. The number of amides is 2. The van der Waals surface area contributed by atoms with Crippen LogP contribution in [0.15, 0.2) is 24.3 Å². The molecule has 0 saturated carbocycles. The van der Waals surface area contributed by atoms with Crippen LogP contribution in [-0.4, -0.2) is 24.0 Å². The lowest BCUT2D eigenvalue weighted by molar-refractivity contribution is 0.182. The van der Waals surface area contributed by atoms with Gasteiger partial charge in [-0.1, -0.05) is 18.2 Å². The van der Waals surface area contributed by atoms with Crippen LogP contribution in [0.1, 0.15) is 12.0 Å². The number of carbonyl (C=O) groups is 1. The predicted molar refractivity (Wildman–Crippen MR) is 54.8 cm³/mol. The first-order chi connectivity index (χ1) is 7.27. The summed E-state index contributed by atoms with van der Waals surface area (Å²) in [6.45, 7) is 1.76. The summed E-state index contributed by atoms with van der Waals surface area (Å²) in [7, 11) is 0. The maximum Gasteiger partial charge on any atom is 0.317 e. The van der Waals surface area contributed by atoms with Crippen molar-refractivity contribution in [1.29, 1.82) is 0 Å². The molecule has 2 amide bonds. The van der Waals surface area contributed by atoms with E-state index in [1.54, 1.807) is 23.1 Å². The van der Waals surface area contributed by atoms with Crippen molar-refractivity contribution < 1.29 is 9.18 Å². The smallest absolute Gasteiger partial charge is 0.317 e. The van der Waals surface area contributed by atoms with E-state index in [-0.39, 0.29) is 11.8 Å². The molecule has 0 spiro atoms. The van der Waals surface area contributed by atoms with Crippen molar-refractivity contribution in [2.75, 3.05) is 13.1 Å². The zero-order valence-electron chi connectivity index (χ0n) is 8.37. The van der Waals surface area contributed by atoms with Gasteiger partial charge < -0.3 is 10.2 Å². The molecule has 80 valence electrons. The topological polar surface area (TPSA) is 32.3 Å². The van der Waals surface area contributed by atoms with Gasteiger partial charge in [-0.15, -0.1) is 0 Å². The lowest BCUT2D eigenvalue weighted by atomic mass is 10.2.